The summed E-state index contributed by atoms with van der Waals surface area (Å²) in [7, 11) is 0. The normalized spacial score (nSPS) is 10.3. The van der Waals surface area contributed by atoms with E-state index in [0.29, 0.717) is 0 Å². The number of rotatable bonds is 5. The van der Waals surface area contributed by atoms with Crippen LogP contribution in [0.2, 0.25) is 0 Å². The van der Waals surface area contributed by atoms with Gasteiger partial charge in [-0.2, -0.15) is 0 Å². The van der Waals surface area contributed by atoms with Crippen molar-refractivity contribution in [3.8, 4) is 0 Å². The highest BCUT2D eigenvalue weighted by atomic mass is 35.5. The van der Waals surface area contributed by atoms with Gasteiger partial charge in [-0.05, 0) is 12.5 Å². The number of imidazole rings is 1. The standard InChI is InChI=1S/C12H15N3O2.ClH/c1-2-3-4-5-12-13-10-7-6-9(15(16)17)8-11(10)14-12;/h6-8H,2-5H2,1H3,(H,13,14);1H. The van der Waals surface area contributed by atoms with Crippen molar-refractivity contribution < 1.29 is 4.92 Å². The van der Waals surface area contributed by atoms with Crippen LogP contribution in [0, 0.1) is 10.1 Å². The van der Waals surface area contributed by atoms with Crippen molar-refractivity contribution >= 4 is 29.1 Å². The zero-order valence-electron chi connectivity index (χ0n) is 10.2. The highest BCUT2D eigenvalue weighted by Crippen LogP contribution is 2.19. The molecule has 5 nitrogen and oxygen atoms in total. The first kappa shape index (κ1) is 14.4. The molecule has 0 amide bonds. The first-order valence-electron chi connectivity index (χ1n) is 5.83. The maximum atomic E-state index is 10.6. The SMILES string of the molecule is CCCCCc1nc2ccc([N+](=O)[O-])cc2[nH]1.Cl. The minimum absolute atomic E-state index is 0. The van der Waals surface area contributed by atoms with E-state index in [9.17, 15) is 10.1 Å². The lowest BCUT2D eigenvalue weighted by Gasteiger charge is -1.93. The molecule has 0 aliphatic heterocycles. The zero-order chi connectivity index (χ0) is 12.3. The minimum atomic E-state index is -0.392. The number of benzene rings is 1. The van der Waals surface area contributed by atoms with Gasteiger partial charge in [0, 0.05) is 18.6 Å². The Morgan fingerprint density at radius 2 is 2.17 bits per heavy atom. The molecule has 6 heteroatoms. The Kier molecular flexibility index (Phi) is 5.09. The second kappa shape index (κ2) is 6.35. The number of hydrogen-bond donors (Lipinski definition) is 1. The van der Waals surface area contributed by atoms with E-state index in [1.165, 1.54) is 25.0 Å². The Morgan fingerprint density at radius 1 is 1.39 bits per heavy atom. The van der Waals surface area contributed by atoms with Crippen molar-refractivity contribution in [2.75, 3.05) is 0 Å². The lowest BCUT2D eigenvalue weighted by atomic mass is 10.2. The Labute approximate surface area is 111 Å². The number of unbranched alkanes of at least 4 members (excludes halogenated alkanes) is 2. The number of hydrogen-bond acceptors (Lipinski definition) is 3. The van der Waals surface area contributed by atoms with Crippen LogP contribution >= 0.6 is 12.4 Å². The highest BCUT2D eigenvalue weighted by Gasteiger charge is 2.09. The summed E-state index contributed by atoms with van der Waals surface area (Å²) in [6.07, 6.45) is 4.34. The molecular formula is C12H16ClN3O2. The molecule has 0 unspecified atom stereocenters. The molecule has 0 aliphatic rings. The summed E-state index contributed by atoms with van der Waals surface area (Å²) >= 11 is 0. The fourth-order valence-electron chi connectivity index (χ4n) is 1.82. The molecule has 1 N–H and O–H groups in total. The fourth-order valence-corrected chi connectivity index (χ4v) is 1.82. The maximum absolute atomic E-state index is 10.6. The molecule has 98 valence electrons. The number of nitrogens with one attached hydrogen (secondary N) is 1. The number of H-pyrrole nitrogens is 1. The Bertz CT molecular complexity index is 539. The molecule has 0 bridgehead atoms. The van der Waals surface area contributed by atoms with Crippen LogP contribution in [0.25, 0.3) is 11.0 Å². The number of nitro groups is 1. The van der Waals surface area contributed by atoms with Crippen LogP contribution in [0.3, 0.4) is 0 Å². The van der Waals surface area contributed by atoms with E-state index < -0.39 is 4.92 Å². The second-order valence-corrected chi connectivity index (χ2v) is 4.10. The number of nitrogens with zero attached hydrogens (tertiary/aromatic N) is 2. The molecule has 0 saturated heterocycles. The van der Waals surface area contributed by atoms with Gasteiger partial charge in [-0.15, -0.1) is 12.4 Å². The summed E-state index contributed by atoms with van der Waals surface area (Å²) in [6, 6.07) is 4.71. The first-order chi connectivity index (χ1) is 8.20. The van der Waals surface area contributed by atoms with Crippen molar-refractivity contribution in [1.29, 1.82) is 0 Å². The van der Waals surface area contributed by atoms with E-state index in [-0.39, 0.29) is 18.1 Å². The molecule has 0 saturated carbocycles. The van der Waals surface area contributed by atoms with E-state index in [4.69, 9.17) is 0 Å². The average molecular weight is 270 g/mol. The molecular weight excluding hydrogens is 254 g/mol. The van der Waals surface area contributed by atoms with Gasteiger partial charge in [0.15, 0.2) is 0 Å². The number of aromatic amines is 1. The van der Waals surface area contributed by atoms with Crippen molar-refractivity contribution in [3.63, 3.8) is 0 Å². The average Bonchev–Trinajstić information content (AvgIpc) is 2.70. The molecule has 2 aromatic rings. The van der Waals surface area contributed by atoms with Gasteiger partial charge in [0.1, 0.15) is 5.82 Å². The predicted molar refractivity (Wildman–Crippen MR) is 73.2 cm³/mol. The third-order valence-electron chi connectivity index (χ3n) is 2.74. The second-order valence-electron chi connectivity index (χ2n) is 4.10. The summed E-state index contributed by atoms with van der Waals surface area (Å²) in [6.45, 7) is 2.15. The Balaban J connectivity index is 0.00000162. The number of aryl methyl sites for hydroxylation is 1. The van der Waals surface area contributed by atoms with Crippen molar-refractivity contribution in [2.24, 2.45) is 0 Å². The van der Waals surface area contributed by atoms with E-state index in [1.54, 1.807) is 6.07 Å². The molecule has 2 rings (SSSR count). The molecule has 1 aromatic heterocycles. The largest absolute Gasteiger partial charge is 0.342 e. The zero-order valence-corrected chi connectivity index (χ0v) is 11.0. The number of fused-ring (bicyclic) bond motifs is 1. The molecule has 1 aromatic carbocycles. The quantitative estimate of drug-likeness (QED) is 0.512. The molecule has 0 aliphatic carbocycles. The summed E-state index contributed by atoms with van der Waals surface area (Å²) < 4.78 is 0. The van der Waals surface area contributed by atoms with Crippen LogP contribution in [0.15, 0.2) is 18.2 Å². The van der Waals surface area contributed by atoms with Crippen LogP contribution in [0.5, 0.6) is 0 Å². The van der Waals surface area contributed by atoms with Crippen LogP contribution in [0.1, 0.15) is 32.0 Å². The van der Waals surface area contributed by atoms with Crippen LogP contribution in [0.4, 0.5) is 5.69 Å². The van der Waals surface area contributed by atoms with E-state index in [1.807, 2.05) is 0 Å². The third-order valence-corrected chi connectivity index (χ3v) is 2.74. The topological polar surface area (TPSA) is 71.8 Å². The summed E-state index contributed by atoms with van der Waals surface area (Å²) in [5, 5.41) is 10.6. The van der Waals surface area contributed by atoms with Gasteiger partial charge in [-0.25, -0.2) is 4.98 Å². The number of non-ortho nitro benzene ring substituents is 1. The van der Waals surface area contributed by atoms with Crippen LogP contribution in [-0.4, -0.2) is 14.9 Å². The van der Waals surface area contributed by atoms with E-state index >= 15 is 0 Å². The van der Waals surface area contributed by atoms with Gasteiger partial charge in [0.2, 0.25) is 0 Å². The Hall–Kier alpha value is -1.62. The fraction of sp³-hybridized carbons (Fsp3) is 0.417. The van der Waals surface area contributed by atoms with Gasteiger partial charge >= 0.3 is 0 Å². The van der Waals surface area contributed by atoms with Crippen LogP contribution in [-0.2, 0) is 6.42 Å². The predicted octanol–water partition coefficient (Wildman–Crippen LogP) is 3.63. The smallest absolute Gasteiger partial charge is 0.271 e. The summed E-state index contributed by atoms with van der Waals surface area (Å²) in [4.78, 5) is 17.8. The lowest BCUT2D eigenvalue weighted by Crippen LogP contribution is -1.87. The third kappa shape index (κ3) is 3.20. The molecule has 0 radical (unpaired) electrons. The Morgan fingerprint density at radius 3 is 2.83 bits per heavy atom. The van der Waals surface area contributed by atoms with Gasteiger partial charge in [-0.3, -0.25) is 10.1 Å². The molecule has 18 heavy (non-hydrogen) atoms. The maximum Gasteiger partial charge on any atom is 0.271 e. The van der Waals surface area contributed by atoms with E-state index in [0.717, 1.165) is 29.7 Å². The number of halogens is 1. The molecule has 0 spiro atoms. The molecule has 0 atom stereocenters. The number of aromatic nitrogens is 2. The van der Waals surface area contributed by atoms with Crippen LogP contribution < -0.4 is 0 Å². The summed E-state index contributed by atoms with van der Waals surface area (Å²) in [5.74, 6) is 0.911. The van der Waals surface area contributed by atoms with Gasteiger partial charge < -0.3 is 4.98 Å². The van der Waals surface area contributed by atoms with Crippen molar-refractivity contribution in [1.82, 2.24) is 9.97 Å². The molecule has 1 heterocycles. The lowest BCUT2D eigenvalue weighted by molar-refractivity contribution is -0.384. The van der Waals surface area contributed by atoms with Gasteiger partial charge in [0.25, 0.3) is 5.69 Å². The highest BCUT2D eigenvalue weighted by molar-refractivity contribution is 5.85. The monoisotopic (exact) mass is 269 g/mol. The first-order valence-corrected chi connectivity index (χ1v) is 5.83. The summed E-state index contributed by atoms with van der Waals surface area (Å²) in [5.41, 5.74) is 1.63. The van der Waals surface area contributed by atoms with Gasteiger partial charge in [-0.1, -0.05) is 19.8 Å². The van der Waals surface area contributed by atoms with Crippen molar-refractivity contribution in [2.45, 2.75) is 32.6 Å². The van der Waals surface area contributed by atoms with E-state index in [2.05, 4.69) is 16.9 Å². The van der Waals surface area contributed by atoms with Gasteiger partial charge in [0.05, 0.1) is 16.0 Å². The molecule has 0 fully saturated rings. The number of nitro benzene ring substituents is 1. The minimum Gasteiger partial charge on any atom is -0.342 e. The van der Waals surface area contributed by atoms with Crippen molar-refractivity contribution in [3.05, 3.63) is 34.1 Å².